The predicted octanol–water partition coefficient (Wildman–Crippen LogP) is 6.59. The Balaban J connectivity index is 2.03. The van der Waals surface area contributed by atoms with Crippen LogP contribution in [-0.4, -0.2) is 44.3 Å². The van der Waals surface area contributed by atoms with Crippen LogP contribution in [0.1, 0.15) is 37.8 Å². The molecule has 0 aliphatic rings. The molecule has 0 fully saturated rings. The van der Waals surface area contributed by atoms with Crippen LogP contribution in [-0.2, 0) is 26.2 Å². The van der Waals surface area contributed by atoms with Crippen LogP contribution in [0.25, 0.3) is 0 Å². The third-order valence-electron chi connectivity index (χ3n) is 6.29. The van der Waals surface area contributed by atoms with Crippen LogP contribution in [0, 0.1) is 6.92 Å². The largest absolute Gasteiger partial charge is 0.354 e. The molecule has 3 aromatic carbocycles. The number of carbonyl (C=O) groups is 2. The molecule has 0 unspecified atom stereocenters. The number of nitrogens with one attached hydrogen (secondary N) is 1. The summed E-state index contributed by atoms with van der Waals surface area (Å²) < 4.78 is 29.6. The van der Waals surface area contributed by atoms with E-state index in [1.807, 2.05) is 38.1 Å². The Hall–Kier alpha value is -2.59. The monoisotopic (exact) mass is 667 g/mol. The van der Waals surface area contributed by atoms with Gasteiger partial charge in [-0.2, -0.15) is 0 Å². The number of hydrogen-bond donors (Lipinski definition) is 1. The highest BCUT2D eigenvalue weighted by molar-refractivity contribution is 9.10. The quantitative estimate of drug-likeness (QED) is 0.221. The Labute approximate surface area is 254 Å². The van der Waals surface area contributed by atoms with E-state index < -0.39 is 28.5 Å². The topological polar surface area (TPSA) is 86.8 Å². The van der Waals surface area contributed by atoms with Crippen molar-refractivity contribution in [1.29, 1.82) is 0 Å². The second-order valence-electron chi connectivity index (χ2n) is 9.42. The Morgan fingerprint density at radius 3 is 2.15 bits per heavy atom. The third-order valence-corrected chi connectivity index (χ3v) is 9.04. The van der Waals surface area contributed by atoms with Crippen LogP contribution in [0.5, 0.6) is 0 Å². The molecule has 0 radical (unpaired) electrons. The summed E-state index contributed by atoms with van der Waals surface area (Å²) >= 11 is 15.9. The van der Waals surface area contributed by atoms with Crippen molar-refractivity contribution in [3.63, 3.8) is 0 Å². The predicted molar refractivity (Wildman–Crippen MR) is 164 cm³/mol. The van der Waals surface area contributed by atoms with E-state index in [4.69, 9.17) is 23.2 Å². The third kappa shape index (κ3) is 8.46. The van der Waals surface area contributed by atoms with Crippen molar-refractivity contribution in [3.05, 3.63) is 92.4 Å². The van der Waals surface area contributed by atoms with Crippen molar-refractivity contribution in [2.75, 3.05) is 17.4 Å². The highest BCUT2D eigenvalue weighted by Gasteiger charge is 2.32. The van der Waals surface area contributed by atoms with Gasteiger partial charge in [0.05, 0.1) is 10.6 Å². The molecular weight excluding hydrogens is 637 g/mol. The summed E-state index contributed by atoms with van der Waals surface area (Å²) in [5.41, 5.74) is 1.80. The molecule has 2 amide bonds. The number of anilines is 1. The first-order chi connectivity index (χ1) is 18.9. The van der Waals surface area contributed by atoms with Crippen LogP contribution < -0.4 is 9.62 Å². The molecule has 0 spiro atoms. The SMILES string of the molecule is CCCCNC(=O)[C@@H](C)N(Cc1ccc(Br)cc1)C(=O)CN(c1cc(Cl)cc(Cl)c1)S(=O)(=O)c1ccc(C)cc1. The number of hydrogen-bond acceptors (Lipinski definition) is 4. The molecule has 7 nitrogen and oxygen atoms in total. The number of nitrogens with zero attached hydrogens (tertiary/aromatic N) is 2. The van der Waals surface area contributed by atoms with E-state index in [0.29, 0.717) is 6.54 Å². The lowest BCUT2D eigenvalue weighted by Gasteiger charge is -2.32. The maximum atomic E-state index is 13.9. The molecule has 0 aliphatic carbocycles. The standard InChI is InChI=1S/C29H32BrCl2N3O4S/c1-4-5-14-33-29(37)21(3)34(18-22-8-10-23(30)11-9-22)28(36)19-35(26-16-24(31)15-25(32)17-26)40(38,39)27-12-6-20(2)7-13-27/h6-13,15-17,21H,4-5,14,18-19H2,1-3H3,(H,33,37)/t21-/m1/s1. The average Bonchev–Trinajstić information content (AvgIpc) is 2.90. The molecule has 1 atom stereocenters. The second kappa shape index (κ2) is 14.3. The molecule has 214 valence electrons. The smallest absolute Gasteiger partial charge is 0.264 e. The van der Waals surface area contributed by atoms with Gasteiger partial charge in [0.1, 0.15) is 12.6 Å². The summed E-state index contributed by atoms with van der Waals surface area (Å²) in [5, 5.41) is 3.30. The van der Waals surface area contributed by atoms with Gasteiger partial charge in [-0.25, -0.2) is 8.42 Å². The van der Waals surface area contributed by atoms with Crippen molar-refractivity contribution >= 4 is 66.7 Å². The van der Waals surface area contributed by atoms with Crippen LogP contribution in [0.3, 0.4) is 0 Å². The molecule has 0 saturated heterocycles. The van der Waals surface area contributed by atoms with E-state index in [-0.39, 0.29) is 33.1 Å². The summed E-state index contributed by atoms with van der Waals surface area (Å²) in [7, 11) is -4.21. The first-order valence-corrected chi connectivity index (χ1v) is 15.8. The van der Waals surface area contributed by atoms with Gasteiger partial charge < -0.3 is 10.2 Å². The van der Waals surface area contributed by atoms with Crippen LogP contribution >= 0.6 is 39.1 Å². The Morgan fingerprint density at radius 2 is 1.57 bits per heavy atom. The van der Waals surface area contributed by atoms with Crippen molar-refractivity contribution in [3.8, 4) is 0 Å². The normalized spacial score (nSPS) is 12.1. The lowest BCUT2D eigenvalue weighted by atomic mass is 10.1. The van der Waals surface area contributed by atoms with Gasteiger partial charge >= 0.3 is 0 Å². The van der Waals surface area contributed by atoms with E-state index in [0.717, 1.165) is 32.7 Å². The fourth-order valence-corrected chi connectivity index (χ4v) is 6.13. The summed E-state index contributed by atoms with van der Waals surface area (Å²) in [6.07, 6.45) is 1.71. The van der Waals surface area contributed by atoms with Crippen LogP contribution in [0.2, 0.25) is 10.0 Å². The lowest BCUT2D eigenvalue weighted by molar-refractivity contribution is -0.139. The maximum Gasteiger partial charge on any atom is 0.264 e. The van der Waals surface area contributed by atoms with Gasteiger partial charge in [0.15, 0.2) is 0 Å². The minimum absolute atomic E-state index is 0.00631. The first-order valence-electron chi connectivity index (χ1n) is 12.8. The van der Waals surface area contributed by atoms with E-state index in [1.54, 1.807) is 19.1 Å². The molecule has 3 aromatic rings. The van der Waals surface area contributed by atoms with Gasteiger partial charge in [0.2, 0.25) is 11.8 Å². The summed E-state index contributed by atoms with van der Waals surface area (Å²) in [5.74, 6) is -0.884. The van der Waals surface area contributed by atoms with Crippen molar-refractivity contribution in [2.24, 2.45) is 0 Å². The number of rotatable bonds is 12. The molecule has 0 bridgehead atoms. The second-order valence-corrected chi connectivity index (χ2v) is 13.1. The van der Waals surface area contributed by atoms with E-state index in [9.17, 15) is 18.0 Å². The number of halogens is 3. The minimum Gasteiger partial charge on any atom is -0.354 e. The van der Waals surface area contributed by atoms with Crippen molar-refractivity contribution < 1.29 is 18.0 Å². The number of sulfonamides is 1. The zero-order valence-electron chi connectivity index (χ0n) is 22.5. The first kappa shape index (κ1) is 31.9. The molecule has 0 saturated carbocycles. The fourth-order valence-electron chi connectivity index (χ4n) is 3.95. The van der Waals surface area contributed by atoms with Gasteiger partial charge in [-0.1, -0.05) is 82.3 Å². The number of unbranched alkanes of at least 4 members (excludes halogenated alkanes) is 1. The highest BCUT2D eigenvalue weighted by Crippen LogP contribution is 2.30. The van der Waals surface area contributed by atoms with Crippen molar-refractivity contribution in [2.45, 2.75) is 51.1 Å². The fraction of sp³-hybridized carbons (Fsp3) is 0.310. The Kier molecular flexibility index (Phi) is 11.5. The van der Waals surface area contributed by atoms with Crippen LogP contribution in [0.15, 0.2) is 76.1 Å². The molecule has 3 rings (SSSR count). The molecule has 11 heteroatoms. The summed E-state index contributed by atoms with van der Waals surface area (Å²) in [4.78, 5) is 28.4. The molecule has 0 aromatic heterocycles. The summed E-state index contributed by atoms with van der Waals surface area (Å²) in [6, 6.07) is 17.2. The molecular formula is C29H32BrCl2N3O4S. The van der Waals surface area contributed by atoms with E-state index >= 15 is 0 Å². The van der Waals surface area contributed by atoms with E-state index in [1.165, 1.54) is 35.2 Å². The number of carbonyl (C=O) groups excluding carboxylic acids is 2. The maximum absolute atomic E-state index is 13.9. The number of benzene rings is 3. The summed E-state index contributed by atoms with van der Waals surface area (Å²) in [6.45, 7) is 5.51. The molecule has 0 heterocycles. The van der Waals surface area contributed by atoms with Gasteiger partial charge in [-0.3, -0.25) is 13.9 Å². The van der Waals surface area contributed by atoms with Gasteiger partial charge in [-0.05, 0) is 68.3 Å². The lowest BCUT2D eigenvalue weighted by Crippen LogP contribution is -2.51. The van der Waals surface area contributed by atoms with Gasteiger partial charge in [0.25, 0.3) is 10.0 Å². The van der Waals surface area contributed by atoms with Crippen LogP contribution in [0.4, 0.5) is 5.69 Å². The zero-order chi connectivity index (χ0) is 29.4. The number of amides is 2. The molecule has 40 heavy (non-hydrogen) atoms. The molecule has 0 aliphatic heterocycles. The average molecular weight is 669 g/mol. The van der Waals surface area contributed by atoms with E-state index in [2.05, 4.69) is 21.2 Å². The Bertz CT molecular complexity index is 1410. The minimum atomic E-state index is -4.21. The van der Waals surface area contributed by atoms with Crippen molar-refractivity contribution in [1.82, 2.24) is 10.2 Å². The Morgan fingerprint density at radius 1 is 0.975 bits per heavy atom. The highest BCUT2D eigenvalue weighted by atomic mass is 79.9. The zero-order valence-corrected chi connectivity index (χ0v) is 26.4. The van der Waals surface area contributed by atoms with Gasteiger partial charge in [0, 0.05) is 27.6 Å². The molecule has 1 N–H and O–H groups in total. The van der Waals surface area contributed by atoms with Gasteiger partial charge in [-0.15, -0.1) is 0 Å². The number of aryl methyl sites for hydroxylation is 1.